The van der Waals surface area contributed by atoms with Crippen LogP contribution in [0.5, 0.6) is 0 Å². The fraction of sp³-hybridized carbons (Fsp3) is 0.500. The molecule has 1 saturated heterocycles. The first kappa shape index (κ1) is 21.3. The van der Waals surface area contributed by atoms with Crippen LogP contribution in [0.25, 0.3) is 10.9 Å². The number of aromatic nitrogens is 1. The Morgan fingerprint density at radius 1 is 1.42 bits per heavy atom. The van der Waals surface area contributed by atoms with E-state index in [1.807, 2.05) is 25.8 Å². The highest BCUT2D eigenvalue weighted by Crippen LogP contribution is 2.38. The molecule has 2 aromatic rings. The Morgan fingerprint density at radius 3 is 2.77 bits per heavy atom. The highest BCUT2D eigenvalue weighted by Gasteiger charge is 2.37. The summed E-state index contributed by atoms with van der Waals surface area (Å²) in [6.07, 6.45) is 3.89. The minimum atomic E-state index is -1.30. The van der Waals surface area contributed by atoms with Gasteiger partial charge in [-0.2, -0.15) is 0 Å². The lowest BCUT2D eigenvalue weighted by Gasteiger charge is -2.41. The highest BCUT2D eigenvalue weighted by molar-refractivity contribution is 5.98. The molecular weight excluding hydrogens is 403 g/mol. The van der Waals surface area contributed by atoms with Gasteiger partial charge in [-0.3, -0.25) is 4.79 Å². The normalized spacial score (nSPS) is 22.8. The monoisotopic (exact) mass is 430 g/mol. The molecule has 31 heavy (non-hydrogen) atoms. The first-order valence-corrected chi connectivity index (χ1v) is 10.5. The van der Waals surface area contributed by atoms with Crippen LogP contribution in [0.15, 0.2) is 28.3 Å². The fourth-order valence-corrected chi connectivity index (χ4v) is 4.09. The van der Waals surface area contributed by atoms with Gasteiger partial charge in [0, 0.05) is 24.2 Å². The van der Waals surface area contributed by atoms with E-state index in [4.69, 9.17) is 4.84 Å². The molecule has 1 atom stereocenters. The Labute approximate surface area is 179 Å². The third kappa shape index (κ3) is 3.78. The molecule has 2 N–H and O–H groups in total. The average molecular weight is 430 g/mol. The number of benzene rings is 1. The van der Waals surface area contributed by atoms with E-state index < -0.39 is 17.2 Å². The van der Waals surface area contributed by atoms with Crippen molar-refractivity contribution >= 4 is 28.3 Å². The minimum absolute atomic E-state index is 0.0910. The van der Waals surface area contributed by atoms with Crippen molar-refractivity contribution in [1.82, 2.24) is 9.88 Å². The zero-order valence-corrected chi connectivity index (χ0v) is 17.9. The summed E-state index contributed by atoms with van der Waals surface area (Å²) in [6, 6.07) is 2.96. The number of rotatable bonds is 6. The summed E-state index contributed by atoms with van der Waals surface area (Å²) in [5, 5.41) is 17.0. The molecule has 0 amide bonds. The summed E-state index contributed by atoms with van der Waals surface area (Å²) < 4.78 is 17.0. The molecule has 1 saturated carbocycles. The maximum atomic E-state index is 15.2. The van der Waals surface area contributed by atoms with Crippen molar-refractivity contribution in [2.75, 3.05) is 31.6 Å². The molecule has 1 unspecified atom stereocenters. The number of carboxylic acid groups (broad SMARTS) is 1. The van der Waals surface area contributed by atoms with Crippen molar-refractivity contribution in [2.24, 2.45) is 5.16 Å². The number of carboxylic acids is 1. The predicted octanol–water partition coefficient (Wildman–Crippen LogP) is 2.75. The van der Waals surface area contributed by atoms with Crippen molar-refractivity contribution in [2.45, 2.75) is 44.7 Å². The molecule has 1 aromatic carbocycles. The summed E-state index contributed by atoms with van der Waals surface area (Å²) in [6.45, 7) is 5.30. The molecule has 2 heterocycles. The van der Waals surface area contributed by atoms with E-state index >= 15 is 4.39 Å². The zero-order valence-electron chi connectivity index (χ0n) is 17.9. The molecule has 2 aliphatic rings. The van der Waals surface area contributed by atoms with Gasteiger partial charge in [0.15, 0.2) is 0 Å². The number of anilines is 1. The Hall–Kier alpha value is -2.94. The number of halogens is 1. The van der Waals surface area contributed by atoms with E-state index in [0.717, 1.165) is 18.6 Å². The van der Waals surface area contributed by atoms with Crippen LogP contribution in [-0.4, -0.2) is 53.6 Å². The molecule has 0 spiro atoms. The number of pyridine rings is 1. The van der Waals surface area contributed by atoms with Crippen LogP contribution >= 0.6 is 0 Å². The predicted molar refractivity (Wildman–Crippen MR) is 117 cm³/mol. The number of carbonyl (C=O) groups is 1. The van der Waals surface area contributed by atoms with E-state index in [1.54, 1.807) is 10.6 Å². The van der Waals surface area contributed by atoms with Gasteiger partial charge in [-0.15, -0.1) is 0 Å². The van der Waals surface area contributed by atoms with Crippen LogP contribution < -0.4 is 15.6 Å². The fourth-order valence-electron chi connectivity index (χ4n) is 4.09. The maximum absolute atomic E-state index is 15.2. The SMILES string of the molecule is CCO/N=C1\CN(c2cc3c(cc2F)c(=O)c(C(=O)O)cn3C2CC2)CCC1(C)NC. The summed E-state index contributed by atoms with van der Waals surface area (Å²) in [5.41, 5.74) is 0.338. The van der Waals surface area contributed by atoms with Gasteiger partial charge in [0.25, 0.3) is 0 Å². The van der Waals surface area contributed by atoms with Gasteiger partial charge in [-0.1, -0.05) is 5.16 Å². The summed E-state index contributed by atoms with van der Waals surface area (Å²) in [7, 11) is 1.86. The molecule has 9 heteroatoms. The van der Waals surface area contributed by atoms with Gasteiger partial charge in [0.1, 0.15) is 18.0 Å². The van der Waals surface area contributed by atoms with Crippen molar-refractivity contribution in [3.05, 3.63) is 39.9 Å². The van der Waals surface area contributed by atoms with Gasteiger partial charge < -0.3 is 24.7 Å². The molecule has 2 fully saturated rings. The van der Waals surface area contributed by atoms with Gasteiger partial charge in [-0.25, -0.2) is 9.18 Å². The number of oxime groups is 1. The number of nitrogens with zero attached hydrogens (tertiary/aromatic N) is 3. The second-order valence-corrected chi connectivity index (χ2v) is 8.35. The van der Waals surface area contributed by atoms with Crippen LogP contribution in [0.1, 0.15) is 49.5 Å². The lowest BCUT2D eigenvalue weighted by Crippen LogP contribution is -2.58. The molecule has 8 nitrogen and oxygen atoms in total. The average Bonchev–Trinajstić information content (AvgIpc) is 3.58. The third-order valence-corrected chi connectivity index (χ3v) is 6.33. The van der Waals surface area contributed by atoms with Crippen molar-refractivity contribution < 1.29 is 19.1 Å². The van der Waals surface area contributed by atoms with Crippen molar-refractivity contribution in [3.8, 4) is 0 Å². The summed E-state index contributed by atoms with van der Waals surface area (Å²) >= 11 is 0. The van der Waals surface area contributed by atoms with E-state index in [2.05, 4.69) is 10.5 Å². The minimum Gasteiger partial charge on any atom is -0.477 e. The molecule has 0 radical (unpaired) electrons. The first-order chi connectivity index (χ1) is 14.8. The Morgan fingerprint density at radius 2 is 2.16 bits per heavy atom. The maximum Gasteiger partial charge on any atom is 0.341 e. The lowest BCUT2D eigenvalue weighted by molar-refractivity contribution is 0.0695. The third-order valence-electron chi connectivity index (χ3n) is 6.33. The molecule has 166 valence electrons. The first-order valence-electron chi connectivity index (χ1n) is 10.5. The van der Waals surface area contributed by atoms with Crippen LogP contribution in [0.2, 0.25) is 0 Å². The van der Waals surface area contributed by atoms with Crippen LogP contribution in [-0.2, 0) is 4.84 Å². The highest BCUT2D eigenvalue weighted by atomic mass is 19.1. The standard InChI is InChI=1S/C22H27FN4O4/c1-4-31-25-19-12-26(8-7-22(19,2)24-3)18-10-17-14(9-16(18)23)20(28)15(21(29)30)11-27(17)13-5-6-13/h9-11,13,24H,4-8,12H2,1-3H3,(H,29,30)/b25-19+. The smallest absolute Gasteiger partial charge is 0.341 e. The number of fused-ring (bicyclic) bond motifs is 1. The Balaban J connectivity index is 1.81. The number of hydrogen-bond acceptors (Lipinski definition) is 6. The zero-order chi connectivity index (χ0) is 22.3. The van der Waals surface area contributed by atoms with Crippen molar-refractivity contribution in [1.29, 1.82) is 0 Å². The van der Waals surface area contributed by atoms with Crippen LogP contribution in [0.3, 0.4) is 0 Å². The molecule has 1 aliphatic heterocycles. The number of aromatic carboxylic acids is 1. The van der Waals surface area contributed by atoms with Crippen LogP contribution in [0, 0.1) is 5.82 Å². The molecule has 0 bridgehead atoms. The Kier molecular flexibility index (Phi) is 5.47. The summed E-state index contributed by atoms with van der Waals surface area (Å²) in [5.74, 6) is -1.86. The van der Waals surface area contributed by atoms with Gasteiger partial charge in [0.05, 0.1) is 29.0 Å². The van der Waals surface area contributed by atoms with Gasteiger partial charge in [-0.05, 0) is 52.3 Å². The van der Waals surface area contributed by atoms with Crippen LogP contribution in [0.4, 0.5) is 10.1 Å². The Bertz CT molecular complexity index is 1120. The van der Waals surface area contributed by atoms with E-state index in [9.17, 15) is 14.7 Å². The number of nitrogens with one attached hydrogen (secondary N) is 1. The number of piperidine rings is 1. The quantitative estimate of drug-likeness (QED) is 0.684. The second kappa shape index (κ2) is 7.96. The molecular formula is C22H27FN4O4. The van der Waals surface area contributed by atoms with E-state index in [-0.39, 0.29) is 22.5 Å². The summed E-state index contributed by atoms with van der Waals surface area (Å²) in [4.78, 5) is 31.4. The van der Waals surface area contributed by atoms with Gasteiger partial charge in [0.2, 0.25) is 5.43 Å². The molecule has 4 rings (SSSR count). The largest absolute Gasteiger partial charge is 0.477 e. The topological polar surface area (TPSA) is 96.2 Å². The van der Waals surface area contributed by atoms with Gasteiger partial charge >= 0.3 is 5.97 Å². The molecule has 1 aliphatic carbocycles. The molecule has 1 aromatic heterocycles. The van der Waals surface area contributed by atoms with E-state index in [1.165, 1.54) is 12.3 Å². The van der Waals surface area contributed by atoms with Crippen molar-refractivity contribution in [3.63, 3.8) is 0 Å². The number of hydrogen-bond donors (Lipinski definition) is 2. The second-order valence-electron chi connectivity index (χ2n) is 8.35. The van der Waals surface area contributed by atoms with E-state index in [0.29, 0.717) is 37.3 Å². The lowest BCUT2D eigenvalue weighted by atomic mass is 9.87.